The molecule has 0 unspecified atom stereocenters. The normalized spacial score (nSPS) is 10.0. The highest BCUT2D eigenvalue weighted by Crippen LogP contribution is 2.14. The maximum Gasteiger partial charge on any atom is 0.321 e. The number of urea groups is 1. The summed E-state index contributed by atoms with van der Waals surface area (Å²) in [6.07, 6.45) is 1.04. The van der Waals surface area contributed by atoms with E-state index < -0.39 is 0 Å². The van der Waals surface area contributed by atoms with Crippen molar-refractivity contribution in [3.8, 4) is 0 Å². The van der Waals surface area contributed by atoms with Gasteiger partial charge in [-0.05, 0) is 37.6 Å². The quantitative estimate of drug-likeness (QED) is 0.758. The Bertz CT molecular complexity index is 462. The molecule has 0 radical (unpaired) electrons. The van der Waals surface area contributed by atoms with Crippen molar-refractivity contribution in [3.05, 3.63) is 28.7 Å². The number of rotatable bonds is 7. The molecule has 116 valence electrons. The number of carbonyl (C=O) groups excluding carboxylic acids is 2. The van der Waals surface area contributed by atoms with E-state index in [1.165, 1.54) is 0 Å². The fourth-order valence-corrected chi connectivity index (χ4v) is 2.04. The fourth-order valence-electron chi connectivity index (χ4n) is 1.78. The van der Waals surface area contributed by atoms with E-state index in [4.69, 9.17) is 4.74 Å². The summed E-state index contributed by atoms with van der Waals surface area (Å²) in [5.41, 5.74) is 0.723. The molecular weight excluding hydrogens is 336 g/mol. The summed E-state index contributed by atoms with van der Waals surface area (Å²) in [7, 11) is 0. The predicted octanol–water partition coefficient (Wildman–Crippen LogP) is 3.65. The minimum atomic E-state index is -0.282. The number of nitrogens with one attached hydrogen (secondary N) is 1. The van der Waals surface area contributed by atoms with Crippen LogP contribution in [-0.2, 0) is 9.53 Å². The number of benzene rings is 1. The highest BCUT2D eigenvalue weighted by atomic mass is 79.9. The third-order valence-corrected chi connectivity index (χ3v) is 3.30. The van der Waals surface area contributed by atoms with Gasteiger partial charge in [-0.1, -0.05) is 22.9 Å². The molecule has 0 aromatic heterocycles. The Morgan fingerprint density at radius 2 is 1.86 bits per heavy atom. The lowest BCUT2D eigenvalue weighted by Gasteiger charge is -2.22. The minimum Gasteiger partial charge on any atom is -0.466 e. The molecule has 0 aliphatic carbocycles. The Balaban J connectivity index is 2.55. The van der Waals surface area contributed by atoms with Gasteiger partial charge in [-0.2, -0.15) is 0 Å². The van der Waals surface area contributed by atoms with Crippen LogP contribution in [-0.4, -0.2) is 36.6 Å². The van der Waals surface area contributed by atoms with Crippen LogP contribution in [0.15, 0.2) is 28.7 Å². The van der Waals surface area contributed by atoms with Crippen molar-refractivity contribution in [2.45, 2.75) is 26.7 Å². The van der Waals surface area contributed by atoms with E-state index in [9.17, 15) is 9.59 Å². The Morgan fingerprint density at radius 3 is 2.43 bits per heavy atom. The van der Waals surface area contributed by atoms with Gasteiger partial charge < -0.3 is 15.0 Å². The zero-order valence-corrected chi connectivity index (χ0v) is 14.0. The van der Waals surface area contributed by atoms with E-state index in [1.54, 1.807) is 11.8 Å². The minimum absolute atomic E-state index is 0.205. The summed E-state index contributed by atoms with van der Waals surface area (Å²) >= 11 is 3.35. The fraction of sp³-hybridized carbons (Fsp3) is 0.467. The molecule has 0 saturated heterocycles. The lowest BCUT2D eigenvalue weighted by molar-refractivity contribution is -0.143. The molecule has 1 aromatic rings. The summed E-state index contributed by atoms with van der Waals surface area (Å²) in [5.74, 6) is -0.282. The maximum atomic E-state index is 12.2. The second-order valence-corrected chi connectivity index (χ2v) is 5.39. The summed E-state index contributed by atoms with van der Waals surface area (Å²) in [6, 6.07) is 7.15. The summed E-state index contributed by atoms with van der Waals surface area (Å²) in [5, 5.41) is 2.82. The van der Waals surface area contributed by atoms with Crippen LogP contribution in [0, 0.1) is 0 Å². The Morgan fingerprint density at radius 1 is 1.19 bits per heavy atom. The number of hydrogen-bond donors (Lipinski definition) is 1. The van der Waals surface area contributed by atoms with Crippen molar-refractivity contribution < 1.29 is 14.3 Å². The van der Waals surface area contributed by atoms with Crippen molar-refractivity contribution in [2.75, 3.05) is 25.0 Å². The van der Waals surface area contributed by atoms with Gasteiger partial charge in [-0.15, -0.1) is 0 Å². The van der Waals surface area contributed by atoms with Crippen LogP contribution in [0.2, 0.25) is 0 Å². The third kappa shape index (κ3) is 6.62. The Hall–Kier alpha value is -1.56. The molecule has 6 heteroatoms. The first-order chi connectivity index (χ1) is 10.1. The number of carbonyl (C=O) groups is 2. The molecule has 1 aromatic carbocycles. The summed E-state index contributed by atoms with van der Waals surface area (Å²) in [6.45, 7) is 5.07. The molecule has 0 aliphatic rings. The number of anilines is 1. The topological polar surface area (TPSA) is 58.6 Å². The number of hydrogen-bond acceptors (Lipinski definition) is 3. The highest BCUT2D eigenvalue weighted by molar-refractivity contribution is 9.10. The lowest BCUT2D eigenvalue weighted by atomic mass is 10.3. The van der Waals surface area contributed by atoms with Gasteiger partial charge >= 0.3 is 12.0 Å². The SMILES string of the molecule is CCCN(CCC(=O)OCC)C(=O)Nc1ccc(Br)cc1. The molecule has 0 spiro atoms. The Labute approximate surface area is 133 Å². The molecular formula is C15H21BrN2O3. The average molecular weight is 357 g/mol. The van der Waals surface area contributed by atoms with Gasteiger partial charge in [-0.3, -0.25) is 4.79 Å². The lowest BCUT2D eigenvalue weighted by Crippen LogP contribution is -2.37. The average Bonchev–Trinajstić information content (AvgIpc) is 2.46. The molecule has 0 heterocycles. The first kappa shape index (κ1) is 17.5. The molecule has 0 saturated carbocycles. The summed E-state index contributed by atoms with van der Waals surface area (Å²) < 4.78 is 5.83. The molecule has 0 aliphatic heterocycles. The van der Waals surface area contributed by atoms with Gasteiger partial charge in [-0.25, -0.2) is 4.79 Å². The highest BCUT2D eigenvalue weighted by Gasteiger charge is 2.14. The van der Waals surface area contributed by atoms with Crippen LogP contribution in [0.25, 0.3) is 0 Å². The maximum absolute atomic E-state index is 12.2. The number of nitrogens with zero attached hydrogens (tertiary/aromatic N) is 1. The zero-order valence-electron chi connectivity index (χ0n) is 12.4. The van der Waals surface area contributed by atoms with Crippen molar-refractivity contribution in [1.29, 1.82) is 0 Å². The van der Waals surface area contributed by atoms with Crippen molar-refractivity contribution >= 4 is 33.6 Å². The molecule has 0 atom stereocenters. The largest absolute Gasteiger partial charge is 0.466 e. The van der Waals surface area contributed by atoms with Crippen LogP contribution in [0.5, 0.6) is 0 Å². The smallest absolute Gasteiger partial charge is 0.321 e. The van der Waals surface area contributed by atoms with E-state index in [0.717, 1.165) is 16.6 Å². The van der Waals surface area contributed by atoms with Crippen LogP contribution >= 0.6 is 15.9 Å². The molecule has 2 amide bonds. The van der Waals surface area contributed by atoms with E-state index in [0.29, 0.717) is 19.7 Å². The van der Waals surface area contributed by atoms with Crippen LogP contribution < -0.4 is 5.32 Å². The molecule has 1 rings (SSSR count). The van der Waals surface area contributed by atoms with E-state index in [1.807, 2.05) is 31.2 Å². The van der Waals surface area contributed by atoms with Gasteiger partial charge in [0, 0.05) is 23.2 Å². The molecule has 21 heavy (non-hydrogen) atoms. The van der Waals surface area contributed by atoms with Gasteiger partial charge in [0.1, 0.15) is 0 Å². The number of esters is 1. The van der Waals surface area contributed by atoms with Gasteiger partial charge in [0.15, 0.2) is 0 Å². The van der Waals surface area contributed by atoms with Crippen molar-refractivity contribution in [2.24, 2.45) is 0 Å². The second-order valence-electron chi connectivity index (χ2n) is 4.48. The van der Waals surface area contributed by atoms with Crippen molar-refractivity contribution in [3.63, 3.8) is 0 Å². The van der Waals surface area contributed by atoms with Gasteiger partial charge in [0.05, 0.1) is 13.0 Å². The second kappa shape index (κ2) is 9.39. The number of amides is 2. The molecule has 0 fully saturated rings. The first-order valence-corrected chi connectivity index (χ1v) is 7.83. The molecule has 1 N–H and O–H groups in total. The summed E-state index contributed by atoms with van der Waals surface area (Å²) in [4.78, 5) is 25.2. The number of ether oxygens (including phenoxy) is 1. The zero-order chi connectivity index (χ0) is 15.7. The van der Waals surface area contributed by atoms with Crippen molar-refractivity contribution in [1.82, 2.24) is 4.90 Å². The van der Waals surface area contributed by atoms with E-state index in [-0.39, 0.29) is 18.4 Å². The Kier molecular flexibility index (Phi) is 7.82. The monoisotopic (exact) mass is 356 g/mol. The first-order valence-electron chi connectivity index (χ1n) is 7.04. The molecule has 5 nitrogen and oxygen atoms in total. The van der Waals surface area contributed by atoms with Crippen LogP contribution in [0.4, 0.5) is 10.5 Å². The van der Waals surface area contributed by atoms with Gasteiger partial charge in [0.25, 0.3) is 0 Å². The molecule has 0 bridgehead atoms. The van der Waals surface area contributed by atoms with Crippen LogP contribution in [0.3, 0.4) is 0 Å². The van der Waals surface area contributed by atoms with E-state index in [2.05, 4.69) is 21.2 Å². The predicted molar refractivity (Wildman–Crippen MR) is 86.3 cm³/mol. The standard InChI is InChI=1S/C15H21BrN2O3/c1-3-10-18(11-9-14(19)21-4-2)15(20)17-13-7-5-12(16)6-8-13/h5-8H,3-4,9-11H2,1-2H3,(H,17,20). The van der Waals surface area contributed by atoms with Gasteiger partial charge in [0.2, 0.25) is 0 Å². The van der Waals surface area contributed by atoms with Crippen LogP contribution in [0.1, 0.15) is 26.7 Å². The van der Waals surface area contributed by atoms with E-state index >= 15 is 0 Å². The third-order valence-electron chi connectivity index (χ3n) is 2.77. The number of halogens is 1.